The van der Waals surface area contributed by atoms with Crippen LogP contribution in [0.1, 0.15) is 79.1 Å². The van der Waals surface area contributed by atoms with Crippen LogP contribution in [0.25, 0.3) is 0 Å². The van der Waals surface area contributed by atoms with Crippen LogP contribution in [0.15, 0.2) is 0 Å². The zero-order chi connectivity index (χ0) is 17.3. The first-order chi connectivity index (χ1) is 11.0. The third-order valence-electron chi connectivity index (χ3n) is 4.77. The van der Waals surface area contributed by atoms with Crippen LogP contribution in [-0.2, 0) is 19.1 Å². The van der Waals surface area contributed by atoms with Gasteiger partial charge in [-0.2, -0.15) is 0 Å². The number of carbonyl (C=O) groups excluding carboxylic acids is 2. The van der Waals surface area contributed by atoms with Crippen LogP contribution in [0.4, 0.5) is 0 Å². The van der Waals surface area contributed by atoms with Gasteiger partial charge in [0.2, 0.25) is 0 Å². The molecule has 0 spiro atoms. The van der Waals surface area contributed by atoms with Gasteiger partial charge >= 0.3 is 11.9 Å². The van der Waals surface area contributed by atoms with E-state index in [-0.39, 0.29) is 17.9 Å². The van der Waals surface area contributed by atoms with Gasteiger partial charge in [0.1, 0.15) is 0 Å². The van der Waals surface area contributed by atoms with Crippen molar-refractivity contribution in [1.29, 1.82) is 0 Å². The summed E-state index contributed by atoms with van der Waals surface area (Å²) >= 11 is 0. The van der Waals surface area contributed by atoms with Crippen LogP contribution in [0.3, 0.4) is 0 Å². The fourth-order valence-corrected chi connectivity index (χ4v) is 3.41. The molecule has 1 fully saturated rings. The molecule has 0 aromatic heterocycles. The summed E-state index contributed by atoms with van der Waals surface area (Å²) in [7, 11) is 0. The van der Waals surface area contributed by atoms with E-state index in [4.69, 9.17) is 9.47 Å². The molecule has 134 valence electrons. The number of carbonyl (C=O) groups is 2. The fraction of sp³-hybridized carbons (Fsp3) is 0.895. The molecule has 4 nitrogen and oxygen atoms in total. The van der Waals surface area contributed by atoms with Gasteiger partial charge in [-0.05, 0) is 50.4 Å². The first kappa shape index (κ1) is 20.0. The summed E-state index contributed by atoms with van der Waals surface area (Å²) in [6, 6.07) is 0. The molecule has 0 bridgehead atoms. The van der Waals surface area contributed by atoms with E-state index < -0.39 is 5.41 Å². The van der Waals surface area contributed by atoms with E-state index in [1.54, 1.807) is 0 Å². The molecule has 1 rings (SSSR count). The van der Waals surface area contributed by atoms with Gasteiger partial charge in [-0.1, -0.05) is 40.5 Å². The molecule has 23 heavy (non-hydrogen) atoms. The number of rotatable bonds is 10. The van der Waals surface area contributed by atoms with E-state index in [0.717, 1.165) is 44.9 Å². The van der Waals surface area contributed by atoms with Crippen LogP contribution < -0.4 is 0 Å². The quantitative estimate of drug-likeness (QED) is 0.438. The minimum Gasteiger partial charge on any atom is -0.465 e. The topological polar surface area (TPSA) is 52.6 Å². The maximum Gasteiger partial charge on any atom is 0.323 e. The number of hydrogen-bond donors (Lipinski definition) is 0. The zero-order valence-corrected chi connectivity index (χ0v) is 15.4. The Balaban J connectivity index is 3.08. The summed E-state index contributed by atoms with van der Waals surface area (Å²) in [5, 5.41) is 0. The monoisotopic (exact) mass is 326 g/mol. The first-order valence-electron chi connectivity index (χ1n) is 9.33. The molecule has 0 saturated heterocycles. The van der Waals surface area contributed by atoms with Crippen LogP contribution in [0.2, 0.25) is 0 Å². The summed E-state index contributed by atoms with van der Waals surface area (Å²) in [5.41, 5.74) is -1.09. The average Bonchev–Trinajstić information content (AvgIpc) is 3.05. The first-order valence-corrected chi connectivity index (χ1v) is 9.33. The van der Waals surface area contributed by atoms with E-state index in [9.17, 15) is 9.59 Å². The molecule has 1 aliphatic carbocycles. The molecule has 4 heteroatoms. The lowest BCUT2D eigenvalue weighted by Crippen LogP contribution is -2.47. The largest absolute Gasteiger partial charge is 0.465 e. The molecule has 0 aromatic carbocycles. The smallest absolute Gasteiger partial charge is 0.323 e. The van der Waals surface area contributed by atoms with Crippen LogP contribution >= 0.6 is 0 Å². The summed E-state index contributed by atoms with van der Waals surface area (Å²) in [4.78, 5) is 25.8. The number of esters is 2. The second-order valence-corrected chi connectivity index (χ2v) is 7.16. The molecular formula is C19H34O4. The normalized spacial score (nSPS) is 15.9. The third kappa shape index (κ3) is 5.22. The van der Waals surface area contributed by atoms with E-state index in [1.807, 2.05) is 13.8 Å². The molecule has 0 N–H and O–H groups in total. The lowest BCUT2D eigenvalue weighted by molar-refractivity contribution is -0.178. The van der Waals surface area contributed by atoms with E-state index in [1.165, 1.54) is 0 Å². The predicted molar refractivity (Wildman–Crippen MR) is 91.0 cm³/mol. The van der Waals surface area contributed by atoms with Crippen molar-refractivity contribution in [2.75, 3.05) is 13.2 Å². The van der Waals surface area contributed by atoms with Gasteiger partial charge in [0.05, 0.1) is 13.2 Å². The minimum absolute atomic E-state index is 0.0648. The zero-order valence-electron chi connectivity index (χ0n) is 15.4. The molecule has 0 amide bonds. The molecule has 0 heterocycles. The standard InChI is InChI=1S/C19H34O4/c1-5-13-22-17(20)19(12-11-15(3)4,16-9-7-8-10-16)18(21)23-14-6-2/h15-16H,5-14H2,1-4H3. The number of hydrogen-bond acceptors (Lipinski definition) is 4. The third-order valence-corrected chi connectivity index (χ3v) is 4.77. The Morgan fingerprint density at radius 3 is 1.87 bits per heavy atom. The fourth-order valence-electron chi connectivity index (χ4n) is 3.41. The Labute approximate surface area is 141 Å². The van der Waals surface area contributed by atoms with Gasteiger partial charge in [-0.3, -0.25) is 9.59 Å². The van der Waals surface area contributed by atoms with Crippen molar-refractivity contribution >= 4 is 11.9 Å². The maximum absolute atomic E-state index is 12.9. The average molecular weight is 326 g/mol. The second kappa shape index (κ2) is 9.94. The van der Waals surface area contributed by atoms with Crippen molar-refractivity contribution in [2.24, 2.45) is 17.3 Å². The Hall–Kier alpha value is -1.06. The summed E-state index contributed by atoms with van der Waals surface area (Å²) in [5.74, 6) is -0.204. The SMILES string of the molecule is CCCOC(=O)C(CCC(C)C)(C(=O)OCCC)C1CCCC1. The molecule has 0 unspecified atom stereocenters. The van der Waals surface area contributed by atoms with E-state index in [2.05, 4.69) is 13.8 Å². The van der Waals surface area contributed by atoms with E-state index in [0.29, 0.717) is 25.6 Å². The van der Waals surface area contributed by atoms with Crippen molar-refractivity contribution in [1.82, 2.24) is 0 Å². The van der Waals surface area contributed by atoms with E-state index >= 15 is 0 Å². The predicted octanol–water partition coefficient (Wildman–Crippen LogP) is 4.51. The molecular weight excluding hydrogens is 292 g/mol. The summed E-state index contributed by atoms with van der Waals surface area (Å²) in [6.07, 6.45) is 6.90. The highest BCUT2D eigenvalue weighted by molar-refractivity contribution is 6.00. The van der Waals surface area contributed by atoms with Crippen molar-refractivity contribution in [2.45, 2.75) is 79.1 Å². The van der Waals surface area contributed by atoms with Gasteiger partial charge in [-0.15, -0.1) is 0 Å². The summed E-state index contributed by atoms with van der Waals surface area (Å²) < 4.78 is 10.9. The maximum atomic E-state index is 12.9. The lowest BCUT2D eigenvalue weighted by atomic mass is 9.70. The molecule has 0 aliphatic heterocycles. The van der Waals surface area contributed by atoms with Crippen LogP contribution in [-0.4, -0.2) is 25.2 Å². The highest BCUT2D eigenvalue weighted by Gasteiger charge is 2.54. The van der Waals surface area contributed by atoms with Crippen LogP contribution in [0.5, 0.6) is 0 Å². The molecule has 0 atom stereocenters. The Kier molecular flexibility index (Phi) is 8.64. The van der Waals surface area contributed by atoms with Gasteiger partial charge in [-0.25, -0.2) is 0 Å². The molecule has 0 aromatic rings. The summed E-state index contributed by atoms with van der Waals surface area (Å²) in [6.45, 7) is 8.91. The van der Waals surface area contributed by atoms with Crippen LogP contribution in [0, 0.1) is 17.3 Å². The van der Waals surface area contributed by atoms with Crippen molar-refractivity contribution in [3.05, 3.63) is 0 Å². The minimum atomic E-state index is -1.09. The van der Waals surface area contributed by atoms with Gasteiger partial charge in [0, 0.05) is 0 Å². The van der Waals surface area contributed by atoms with Gasteiger partial charge in [0.15, 0.2) is 5.41 Å². The van der Waals surface area contributed by atoms with Gasteiger partial charge < -0.3 is 9.47 Å². The highest BCUT2D eigenvalue weighted by atomic mass is 16.6. The second-order valence-electron chi connectivity index (χ2n) is 7.16. The van der Waals surface area contributed by atoms with Crippen molar-refractivity contribution < 1.29 is 19.1 Å². The molecule has 1 aliphatic rings. The van der Waals surface area contributed by atoms with Crippen molar-refractivity contribution in [3.63, 3.8) is 0 Å². The van der Waals surface area contributed by atoms with Crippen molar-refractivity contribution in [3.8, 4) is 0 Å². The highest BCUT2D eigenvalue weighted by Crippen LogP contribution is 2.46. The van der Waals surface area contributed by atoms with Gasteiger partial charge in [0.25, 0.3) is 0 Å². The Bertz CT molecular complexity index is 350. The Morgan fingerprint density at radius 1 is 1.00 bits per heavy atom. The molecule has 0 radical (unpaired) electrons. The Morgan fingerprint density at radius 2 is 1.48 bits per heavy atom. The number of ether oxygens (including phenoxy) is 2. The lowest BCUT2D eigenvalue weighted by Gasteiger charge is -2.35. The molecule has 1 saturated carbocycles.